The second kappa shape index (κ2) is 8.66. The molecule has 0 aliphatic carbocycles. The normalized spacial score (nSPS) is 12.6. The maximum Gasteiger partial charge on any atom is 0.105 e. The zero-order chi connectivity index (χ0) is 11.6. The van der Waals surface area contributed by atoms with Gasteiger partial charge in [-0.05, 0) is 31.2 Å². The maximum absolute atomic E-state index is 10.8. The van der Waals surface area contributed by atoms with Crippen LogP contribution in [0.15, 0.2) is 30.3 Å². The zero-order valence-electron chi connectivity index (χ0n) is 10.2. The van der Waals surface area contributed by atoms with Crippen molar-refractivity contribution in [3.05, 3.63) is 35.9 Å². The van der Waals surface area contributed by atoms with Crippen LogP contribution in [0, 0.1) is 0 Å². The zero-order valence-corrected chi connectivity index (χ0v) is 11.0. The van der Waals surface area contributed by atoms with Crippen molar-refractivity contribution in [1.29, 1.82) is 0 Å². The van der Waals surface area contributed by atoms with E-state index in [1.54, 1.807) is 6.26 Å². The Kier molecular flexibility index (Phi) is 7.35. The Morgan fingerprint density at radius 1 is 0.938 bits per heavy atom. The molecule has 16 heavy (non-hydrogen) atoms. The largest absolute Gasteiger partial charge is 0.617 e. The lowest BCUT2D eigenvalue weighted by molar-refractivity contribution is 0.589. The highest BCUT2D eigenvalue weighted by molar-refractivity contribution is 7.90. The first-order valence-electron chi connectivity index (χ1n) is 6.13. The third-order valence-electron chi connectivity index (χ3n) is 2.74. The van der Waals surface area contributed by atoms with Crippen LogP contribution in [-0.2, 0) is 17.6 Å². The van der Waals surface area contributed by atoms with Gasteiger partial charge in [0.15, 0.2) is 0 Å². The van der Waals surface area contributed by atoms with Gasteiger partial charge in [0, 0.05) is 0 Å². The van der Waals surface area contributed by atoms with E-state index in [1.165, 1.54) is 37.7 Å². The Morgan fingerprint density at radius 2 is 1.56 bits per heavy atom. The van der Waals surface area contributed by atoms with Crippen molar-refractivity contribution in [2.24, 2.45) is 0 Å². The first kappa shape index (κ1) is 13.6. The van der Waals surface area contributed by atoms with Crippen molar-refractivity contribution in [1.82, 2.24) is 0 Å². The molecule has 1 nitrogen and oxygen atoms in total. The highest BCUT2D eigenvalue weighted by atomic mass is 32.2. The minimum Gasteiger partial charge on any atom is -0.617 e. The first-order valence-corrected chi connectivity index (χ1v) is 7.86. The second-order valence-corrected chi connectivity index (χ2v) is 5.84. The third-order valence-corrected chi connectivity index (χ3v) is 3.60. The fraction of sp³-hybridized carbons (Fsp3) is 0.571. The number of benzene rings is 1. The molecule has 0 saturated heterocycles. The first-order chi connectivity index (χ1) is 7.79. The van der Waals surface area contributed by atoms with Crippen molar-refractivity contribution >= 4 is 11.2 Å². The summed E-state index contributed by atoms with van der Waals surface area (Å²) >= 11 is -0.602. The van der Waals surface area contributed by atoms with Gasteiger partial charge in [-0.1, -0.05) is 54.3 Å². The summed E-state index contributed by atoms with van der Waals surface area (Å²) in [6.07, 6.45) is 9.19. The molecular weight excluding hydrogens is 216 g/mol. The molecule has 2 heteroatoms. The van der Waals surface area contributed by atoms with E-state index < -0.39 is 11.2 Å². The van der Waals surface area contributed by atoms with Gasteiger partial charge in [-0.3, -0.25) is 0 Å². The molecule has 90 valence electrons. The molecule has 1 unspecified atom stereocenters. The molecule has 0 aliphatic rings. The van der Waals surface area contributed by atoms with Gasteiger partial charge < -0.3 is 4.55 Å². The summed E-state index contributed by atoms with van der Waals surface area (Å²) in [6, 6.07) is 10.7. The van der Waals surface area contributed by atoms with Gasteiger partial charge in [0.05, 0.1) is 6.26 Å². The van der Waals surface area contributed by atoms with E-state index in [9.17, 15) is 4.55 Å². The number of unbranched alkanes of at least 4 members (excludes halogenated alkanes) is 4. The summed E-state index contributed by atoms with van der Waals surface area (Å²) in [6.45, 7) is 0. The summed E-state index contributed by atoms with van der Waals surface area (Å²) in [5.41, 5.74) is 1.44. The van der Waals surface area contributed by atoms with Crippen LogP contribution < -0.4 is 0 Å². The van der Waals surface area contributed by atoms with Crippen LogP contribution in [0.25, 0.3) is 0 Å². The molecule has 1 atom stereocenters. The lowest BCUT2D eigenvalue weighted by atomic mass is 10.1. The molecule has 0 fully saturated rings. The molecule has 0 bridgehead atoms. The van der Waals surface area contributed by atoms with Crippen molar-refractivity contribution < 1.29 is 4.55 Å². The van der Waals surface area contributed by atoms with E-state index in [4.69, 9.17) is 0 Å². The monoisotopic (exact) mass is 238 g/mol. The Morgan fingerprint density at radius 3 is 2.25 bits per heavy atom. The van der Waals surface area contributed by atoms with E-state index in [0.29, 0.717) is 0 Å². The molecule has 1 aromatic rings. The fourth-order valence-corrected chi connectivity index (χ4v) is 2.42. The van der Waals surface area contributed by atoms with E-state index in [2.05, 4.69) is 30.3 Å². The Bertz CT molecular complexity index is 259. The molecule has 0 aromatic heterocycles. The standard InChI is InChI=1S/C14H22OS/c1-16(15)13-9-4-2-3-6-10-14-11-7-5-8-12-14/h5,7-8,11-12H,2-4,6,9-10,13H2,1H3. The summed E-state index contributed by atoms with van der Waals surface area (Å²) in [7, 11) is 0. The molecule has 0 heterocycles. The molecule has 0 aliphatic heterocycles. The minimum absolute atomic E-state index is 0.602. The van der Waals surface area contributed by atoms with Gasteiger partial charge in [-0.2, -0.15) is 0 Å². The minimum atomic E-state index is -0.602. The van der Waals surface area contributed by atoms with Crippen molar-refractivity contribution in [3.63, 3.8) is 0 Å². The van der Waals surface area contributed by atoms with Crippen molar-refractivity contribution in [2.45, 2.75) is 38.5 Å². The molecule has 1 rings (SSSR count). The topological polar surface area (TPSA) is 23.1 Å². The van der Waals surface area contributed by atoms with Gasteiger partial charge in [0.2, 0.25) is 0 Å². The predicted molar refractivity (Wildman–Crippen MR) is 72.2 cm³/mol. The molecule has 0 radical (unpaired) electrons. The molecule has 1 aromatic carbocycles. The average Bonchev–Trinajstić information content (AvgIpc) is 2.29. The summed E-state index contributed by atoms with van der Waals surface area (Å²) in [4.78, 5) is 0. The molecule has 0 amide bonds. The number of rotatable bonds is 8. The van der Waals surface area contributed by atoms with Gasteiger partial charge in [0.1, 0.15) is 5.75 Å². The molecule has 0 spiro atoms. The SMILES string of the molecule is C[S+]([O-])CCCCCCCc1ccccc1. The van der Waals surface area contributed by atoms with Gasteiger partial charge in [-0.15, -0.1) is 0 Å². The Labute approximate surface area is 102 Å². The Hall–Kier alpha value is -0.470. The highest BCUT2D eigenvalue weighted by Crippen LogP contribution is 2.09. The number of hydrogen-bond acceptors (Lipinski definition) is 1. The fourth-order valence-electron chi connectivity index (χ4n) is 1.81. The molecule has 0 saturated carbocycles. The molecule has 0 N–H and O–H groups in total. The van der Waals surface area contributed by atoms with Crippen LogP contribution >= 0.6 is 0 Å². The second-order valence-electron chi connectivity index (χ2n) is 4.28. The van der Waals surface area contributed by atoms with Gasteiger partial charge in [0.25, 0.3) is 0 Å². The smallest absolute Gasteiger partial charge is 0.105 e. The van der Waals surface area contributed by atoms with E-state index in [1.807, 2.05) is 0 Å². The molecular formula is C14H22OS. The van der Waals surface area contributed by atoms with E-state index in [0.717, 1.165) is 12.2 Å². The number of hydrogen-bond donors (Lipinski definition) is 0. The third kappa shape index (κ3) is 6.91. The average molecular weight is 238 g/mol. The van der Waals surface area contributed by atoms with Gasteiger partial charge in [-0.25, -0.2) is 0 Å². The van der Waals surface area contributed by atoms with Crippen LogP contribution in [0.1, 0.15) is 37.7 Å². The van der Waals surface area contributed by atoms with Crippen LogP contribution in [0.4, 0.5) is 0 Å². The lowest BCUT2D eigenvalue weighted by Gasteiger charge is -2.04. The van der Waals surface area contributed by atoms with E-state index >= 15 is 0 Å². The lowest BCUT2D eigenvalue weighted by Crippen LogP contribution is -2.02. The van der Waals surface area contributed by atoms with Crippen molar-refractivity contribution in [3.8, 4) is 0 Å². The number of aryl methyl sites for hydroxylation is 1. The van der Waals surface area contributed by atoms with Crippen LogP contribution in [-0.4, -0.2) is 16.6 Å². The summed E-state index contributed by atoms with van der Waals surface area (Å²) < 4.78 is 10.8. The summed E-state index contributed by atoms with van der Waals surface area (Å²) in [5.74, 6) is 0.874. The van der Waals surface area contributed by atoms with Crippen LogP contribution in [0.5, 0.6) is 0 Å². The van der Waals surface area contributed by atoms with Gasteiger partial charge >= 0.3 is 0 Å². The van der Waals surface area contributed by atoms with Crippen molar-refractivity contribution in [2.75, 3.05) is 12.0 Å². The quantitative estimate of drug-likeness (QED) is 0.501. The van der Waals surface area contributed by atoms with E-state index in [-0.39, 0.29) is 0 Å². The predicted octanol–water partition coefficient (Wildman–Crippen LogP) is 3.56. The maximum atomic E-state index is 10.8. The van der Waals surface area contributed by atoms with Crippen LogP contribution in [0.2, 0.25) is 0 Å². The van der Waals surface area contributed by atoms with Crippen LogP contribution in [0.3, 0.4) is 0 Å². The Balaban J connectivity index is 1.93. The highest BCUT2D eigenvalue weighted by Gasteiger charge is 1.97. The summed E-state index contributed by atoms with van der Waals surface area (Å²) in [5, 5.41) is 0.